The molecule has 0 aliphatic carbocycles. The Balaban J connectivity index is 1.93. The smallest absolute Gasteiger partial charge is 0.338 e. The number of hydrazine groups is 1. The molecule has 2 aromatic carbocycles. The van der Waals surface area contributed by atoms with Crippen LogP contribution >= 0.6 is 0 Å². The molecule has 0 saturated heterocycles. The summed E-state index contributed by atoms with van der Waals surface area (Å²) in [6, 6.07) is 14.8. The molecule has 4 N–H and O–H groups in total. The quantitative estimate of drug-likeness (QED) is 0.340. The SMILES string of the molecule is CCOC(=O)C1=C(C)NC(NN)=N[C@H]1c1ccc(OCc2ccccc2)c(OCC)c1. The Morgan fingerprint density at radius 1 is 1.10 bits per heavy atom. The van der Waals surface area contributed by atoms with E-state index in [2.05, 4.69) is 15.7 Å². The van der Waals surface area contributed by atoms with Crippen molar-refractivity contribution in [3.63, 3.8) is 0 Å². The first-order valence-electron chi connectivity index (χ1n) is 10.2. The summed E-state index contributed by atoms with van der Waals surface area (Å²) in [6.45, 7) is 6.61. The molecule has 1 aliphatic rings. The van der Waals surface area contributed by atoms with Crippen molar-refractivity contribution in [3.05, 3.63) is 70.9 Å². The molecule has 0 saturated carbocycles. The highest BCUT2D eigenvalue weighted by atomic mass is 16.5. The molecule has 0 fully saturated rings. The Hall–Kier alpha value is -3.52. The predicted octanol–water partition coefficient (Wildman–Crippen LogP) is 2.97. The van der Waals surface area contributed by atoms with E-state index in [0.717, 1.165) is 11.1 Å². The highest BCUT2D eigenvalue weighted by Crippen LogP contribution is 2.37. The molecular weight excluding hydrogens is 396 g/mol. The third kappa shape index (κ3) is 5.35. The topological polar surface area (TPSA) is 107 Å². The van der Waals surface area contributed by atoms with Gasteiger partial charge in [-0.25, -0.2) is 15.6 Å². The van der Waals surface area contributed by atoms with E-state index in [-0.39, 0.29) is 6.61 Å². The predicted molar refractivity (Wildman–Crippen MR) is 118 cm³/mol. The zero-order chi connectivity index (χ0) is 22.2. The number of carbonyl (C=O) groups is 1. The summed E-state index contributed by atoms with van der Waals surface area (Å²) in [5.41, 5.74) is 5.36. The van der Waals surface area contributed by atoms with Crippen molar-refractivity contribution < 1.29 is 19.0 Å². The summed E-state index contributed by atoms with van der Waals surface area (Å²) in [5, 5.41) is 2.98. The summed E-state index contributed by atoms with van der Waals surface area (Å²) in [5.74, 6) is 6.67. The summed E-state index contributed by atoms with van der Waals surface area (Å²) in [7, 11) is 0. The van der Waals surface area contributed by atoms with Gasteiger partial charge < -0.3 is 19.5 Å². The zero-order valence-electron chi connectivity index (χ0n) is 18.0. The molecule has 0 aromatic heterocycles. The highest BCUT2D eigenvalue weighted by molar-refractivity contribution is 5.95. The lowest BCUT2D eigenvalue weighted by molar-refractivity contribution is -0.138. The normalized spacial score (nSPS) is 15.6. The molecule has 2 aromatic rings. The van der Waals surface area contributed by atoms with Crippen LogP contribution in [0.2, 0.25) is 0 Å². The van der Waals surface area contributed by atoms with Gasteiger partial charge in [0.1, 0.15) is 12.6 Å². The molecule has 31 heavy (non-hydrogen) atoms. The lowest BCUT2D eigenvalue weighted by Crippen LogP contribution is -2.44. The lowest BCUT2D eigenvalue weighted by Gasteiger charge is -2.26. The molecule has 8 heteroatoms. The van der Waals surface area contributed by atoms with Crippen LogP contribution in [0.15, 0.2) is 64.8 Å². The van der Waals surface area contributed by atoms with E-state index in [1.54, 1.807) is 13.8 Å². The summed E-state index contributed by atoms with van der Waals surface area (Å²) >= 11 is 0. The van der Waals surface area contributed by atoms with Crippen LogP contribution in [0, 0.1) is 0 Å². The Labute approximate surface area is 182 Å². The number of esters is 1. The summed E-state index contributed by atoms with van der Waals surface area (Å²) in [6.07, 6.45) is 0. The standard InChI is InChI=1S/C23H28N4O4/c1-4-29-19-13-17(11-12-18(19)31-14-16-9-7-6-8-10-16)21-20(22(28)30-5-2)15(3)25-23(26-21)27-24/h6-13,21H,4-5,14,24H2,1-3H3,(H2,25,26,27)/t21-/m0/s1. The molecule has 3 rings (SSSR count). The van der Waals surface area contributed by atoms with E-state index >= 15 is 0 Å². The van der Waals surface area contributed by atoms with E-state index in [1.165, 1.54) is 0 Å². The Kier molecular flexibility index (Phi) is 7.50. The molecule has 0 spiro atoms. The van der Waals surface area contributed by atoms with Crippen LogP contribution in [0.1, 0.15) is 37.9 Å². The fourth-order valence-electron chi connectivity index (χ4n) is 3.28. The first kappa shape index (κ1) is 22.2. The van der Waals surface area contributed by atoms with Crippen molar-refractivity contribution in [2.45, 2.75) is 33.4 Å². The molecule has 0 bridgehead atoms. The van der Waals surface area contributed by atoms with E-state index in [9.17, 15) is 4.79 Å². The van der Waals surface area contributed by atoms with Gasteiger partial charge >= 0.3 is 5.97 Å². The maximum absolute atomic E-state index is 12.6. The van der Waals surface area contributed by atoms with E-state index in [1.807, 2.05) is 55.5 Å². The first-order valence-corrected chi connectivity index (χ1v) is 10.2. The maximum atomic E-state index is 12.6. The van der Waals surface area contributed by atoms with Crippen LogP contribution < -0.4 is 26.1 Å². The minimum absolute atomic E-state index is 0.268. The Morgan fingerprint density at radius 2 is 1.87 bits per heavy atom. The Morgan fingerprint density at radius 3 is 2.55 bits per heavy atom. The van der Waals surface area contributed by atoms with Gasteiger partial charge in [0.2, 0.25) is 5.96 Å². The number of rotatable bonds is 8. The van der Waals surface area contributed by atoms with Gasteiger partial charge in [0, 0.05) is 5.70 Å². The number of guanidine groups is 1. The number of nitrogens with one attached hydrogen (secondary N) is 2. The van der Waals surface area contributed by atoms with Crippen molar-refractivity contribution in [2.24, 2.45) is 10.8 Å². The zero-order valence-corrected chi connectivity index (χ0v) is 18.0. The number of carbonyl (C=O) groups excluding carboxylic acids is 1. The molecule has 164 valence electrons. The third-order valence-corrected chi connectivity index (χ3v) is 4.69. The molecule has 8 nitrogen and oxygen atoms in total. The van der Waals surface area contributed by atoms with Crippen LogP contribution in [-0.4, -0.2) is 25.1 Å². The minimum atomic E-state index is -0.603. The summed E-state index contributed by atoms with van der Waals surface area (Å²) in [4.78, 5) is 17.2. The van der Waals surface area contributed by atoms with Gasteiger partial charge in [-0.3, -0.25) is 5.43 Å². The van der Waals surface area contributed by atoms with Crippen molar-refractivity contribution in [1.29, 1.82) is 0 Å². The number of ether oxygens (including phenoxy) is 3. The average molecular weight is 425 g/mol. The van der Waals surface area contributed by atoms with Crippen LogP contribution in [0.5, 0.6) is 11.5 Å². The second-order valence-electron chi connectivity index (χ2n) is 6.82. The molecule has 0 radical (unpaired) electrons. The monoisotopic (exact) mass is 424 g/mol. The average Bonchev–Trinajstić information content (AvgIpc) is 2.78. The van der Waals surface area contributed by atoms with Crippen molar-refractivity contribution >= 4 is 11.9 Å². The van der Waals surface area contributed by atoms with Crippen LogP contribution in [0.25, 0.3) is 0 Å². The van der Waals surface area contributed by atoms with Crippen molar-refractivity contribution in [3.8, 4) is 11.5 Å². The maximum Gasteiger partial charge on any atom is 0.338 e. The Bertz CT molecular complexity index is 973. The number of hydrogen-bond donors (Lipinski definition) is 3. The van der Waals surface area contributed by atoms with Gasteiger partial charge in [0.05, 0.1) is 18.8 Å². The molecular formula is C23H28N4O4. The van der Waals surface area contributed by atoms with Gasteiger partial charge in [-0.1, -0.05) is 36.4 Å². The second-order valence-corrected chi connectivity index (χ2v) is 6.82. The van der Waals surface area contributed by atoms with Crippen molar-refractivity contribution in [2.75, 3.05) is 13.2 Å². The lowest BCUT2D eigenvalue weighted by atomic mass is 9.96. The second kappa shape index (κ2) is 10.5. The molecule has 1 aliphatic heterocycles. The number of nitrogens with zero attached hydrogens (tertiary/aromatic N) is 1. The van der Waals surface area contributed by atoms with Gasteiger partial charge in [0.25, 0.3) is 0 Å². The largest absolute Gasteiger partial charge is 0.490 e. The minimum Gasteiger partial charge on any atom is -0.490 e. The van der Waals surface area contributed by atoms with E-state index < -0.39 is 12.0 Å². The number of aliphatic imine (C=N–C) groups is 1. The van der Waals surface area contributed by atoms with Gasteiger partial charge in [0.15, 0.2) is 11.5 Å². The van der Waals surface area contributed by atoms with Crippen LogP contribution in [0.4, 0.5) is 0 Å². The highest BCUT2D eigenvalue weighted by Gasteiger charge is 2.31. The van der Waals surface area contributed by atoms with Crippen LogP contribution in [0.3, 0.4) is 0 Å². The molecule has 0 unspecified atom stereocenters. The summed E-state index contributed by atoms with van der Waals surface area (Å²) < 4.78 is 17.1. The van der Waals surface area contributed by atoms with Crippen molar-refractivity contribution in [1.82, 2.24) is 10.7 Å². The number of nitrogens with two attached hydrogens (primary N) is 1. The van der Waals surface area contributed by atoms with Gasteiger partial charge in [-0.05, 0) is 44.0 Å². The molecule has 1 heterocycles. The van der Waals surface area contributed by atoms with E-state index in [0.29, 0.717) is 41.9 Å². The van der Waals surface area contributed by atoms with E-state index in [4.69, 9.17) is 20.1 Å². The first-order chi connectivity index (χ1) is 15.1. The number of benzene rings is 2. The van der Waals surface area contributed by atoms with Crippen LogP contribution in [-0.2, 0) is 16.1 Å². The molecule has 1 atom stereocenters. The fourth-order valence-corrected chi connectivity index (χ4v) is 3.28. The molecule has 0 amide bonds. The van der Waals surface area contributed by atoms with Gasteiger partial charge in [-0.2, -0.15) is 0 Å². The number of allylic oxidation sites excluding steroid dienone is 1. The number of hydrogen-bond acceptors (Lipinski definition) is 8. The van der Waals surface area contributed by atoms with Gasteiger partial charge in [-0.15, -0.1) is 0 Å². The third-order valence-electron chi connectivity index (χ3n) is 4.69. The fraction of sp³-hybridized carbons (Fsp3) is 0.304.